The van der Waals surface area contributed by atoms with E-state index in [0.717, 1.165) is 6.26 Å². The summed E-state index contributed by atoms with van der Waals surface area (Å²) < 4.78 is 45.4. The average molecular weight is 335 g/mol. The number of sulfonamides is 1. The first-order chi connectivity index (χ1) is 9.25. The minimum absolute atomic E-state index is 0.0813. The normalized spacial score (nSPS) is 13.2. The number of primary sulfonamides is 1. The van der Waals surface area contributed by atoms with Crippen molar-refractivity contribution < 1.29 is 16.8 Å². The van der Waals surface area contributed by atoms with Gasteiger partial charge in [0.25, 0.3) is 0 Å². The number of hydrogen-bond donors (Lipinski definition) is 3. The predicted molar refractivity (Wildman–Crippen MR) is 84.4 cm³/mol. The molecule has 120 valence electrons. The molecule has 0 saturated heterocycles. The number of benzene rings is 1. The topological polar surface area (TPSA) is 132 Å². The summed E-state index contributed by atoms with van der Waals surface area (Å²) in [5.41, 5.74) is 6.74. The van der Waals surface area contributed by atoms with E-state index in [9.17, 15) is 16.8 Å². The van der Waals surface area contributed by atoms with Crippen LogP contribution in [-0.2, 0) is 19.9 Å². The number of rotatable bonds is 5. The standard InChI is InChI=1S/C12H21N3O4S2/c1-8-10(15-7-12(2,3)20(4,16)17)5-9(13)6-11(8)21(14,18)19/h5-6,15H,7,13H2,1-4H3,(H2,14,18,19). The second-order valence-electron chi connectivity index (χ2n) is 5.62. The van der Waals surface area contributed by atoms with Gasteiger partial charge in [-0.15, -0.1) is 0 Å². The molecular weight excluding hydrogens is 314 g/mol. The minimum Gasteiger partial charge on any atom is -0.399 e. The van der Waals surface area contributed by atoms with Crippen molar-refractivity contribution in [2.24, 2.45) is 5.14 Å². The molecular formula is C12H21N3O4S2. The van der Waals surface area contributed by atoms with E-state index in [2.05, 4.69) is 5.32 Å². The first-order valence-corrected chi connectivity index (χ1v) is 9.56. The Morgan fingerprint density at radius 1 is 1.19 bits per heavy atom. The van der Waals surface area contributed by atoms with Crippen LogP contribution in [0.4, 0.5) is 11.4 Å². The van der Waals surface area contributed by atoms with E-state index in [4.69, 9.17) is 10.9 Å². The van der Waals surface area contributed by atoms with Crippen molar-refractivity contribution in [3.63, 3.8) is 0 Å². The Kier molecular flexibility index (Phi) is 4.62. The van der Waals surface area contributed by atoms with E-state index < -0.39 is 24.6 Å². The predicted octanol–water partition coefficient (Wildman–Crippen LogP) is 0.460. The second kappa shape index (κ2) is 5.47. The Labute approximate surface area is 125 Å². The maximum atomic E-state index is 11.7. The van der Waals surface area contributed by atoms with Crippen LogP contribution in [0.15, 0.2) is 17.0 Å². The molecule has 0 unspecified atom stereocenters. The third-order valence-electron chi connectivity index (χ3n) is 3.40. The van der Waals surface area contributed by atoms with Crippen LogP contribution >= 0.6 is 0 Å². The molecule has 0 atom stereocenters. The zero-order chi connectivity index (χ0) is 16.6. The summed E-state index contributed by atoms with van der Waals surface area (Å²) >= 11 is 0. The van der Waals surface area contributed by atoms with E-state index in [1.54, 1.807) is 26.8 Å². The summed E-state index contributed by atoms with van der Waals surface area (Å²) in [5.74, 6) is 0. The van der Waals surface area contributed by atoms with Gasteiger partial charge in [-0.1, -0.05) is 0 Å². The van der Waals surface area contributed by atoms with Crippen molar-refractivity contribution in [1.29, 1.82) is 0 Å². The van der Waals surface area contributed by atoms with Crippen molar-refractivity contribution >= 4 is 31.2 Å². The summed E-state index contributed by atoms with van der Waals surface area (Å²) in [6, 6.07) is 2.82. The molecule has 0 saturated carbocycles. The fourth-order valence-electron chi connectivity index (χ4n) is 1.63. The lowest BCUT2D eigenvalue weighted by molar-refractivity contribution is 0.559. The lowest BCUT2D eigenvalue weighted by Crippen LogP contribution is -2.38. The smallest absolute Gasteiger partial charge is 0.238 e. The van der Waals surface area contributed by atoms with E-state index >= 15 is 0 Å². The Morgan fingerprint density at radius 2 is 1.71 bits per heavy atom. The van der Waals surface area contributed by atoms with Crippen molar-refractivity contribution in [2.45, 2.75) is 30.4 Å². The highest BCUT2D eigenvalue weighted by molar-refractivity contribution is 7.92. The molecule has 0 bridgehead atoms. The monoisotopic (exact) mass is 335 g/mol. The number of nitrogens with two attached hydrogens (primary N) is 2. The van der Waals surface area contributed by atoms with Crippen LogP contribution in [-0.4, -0.2) is 34.4 Å². The molecule has 0 fully saturated rings. The van der Waals surface area contributed by atoms with Crippen LogP contribution in [0, 0.1) is 6.92 Å². The summed E-state index contributed by atoms with van der Waals surface area (Å²) in [6.45, 7) is 4.85. The van der Waals surface area contributed by atoms with Gasteiger partial charge in [0.2, 0.25) is 10.0 Å². The second-order valence-corrected chi connectivity index (χ2v) is 9.80. The third kappa shape index (κ3) is 4.08. The molecule has 0 aliphatic carbocycles. The van der Waals surface area contributed by atoms with Gasteiger partial charge in [-0.3, -0.25) is 0 Å². The molecule has 1 aromatic carbocycles. The summed E-state index contributed by atoms with van der Waals surface area (Å²) in [5, 5.41) is 8.07. The van der Waals surface area contributed by atoms with Gasteiger partial charge in [0.1, 0.15) is 0 Å². The molecule has 5 N–H and O–H groups in total. The maximum absolute atomic E-state index is 11.7. The molecule has 0 spiro atoms. The SMILES string of the molecule is Cc1c(NCC(C)(C)S(C)(=O)=O)cc(N)cc1S(N)(=O)=O. The number of hydrogen-bond acceptors (Lipinski definition) is 6. The highest BCUT2D eigenvalue weighted by atomic mass is 32.2. The molecule has 0 aliphatic rings. The largest absolute Gasteiger partial charge is 0.399 e. The number of sulfone groups is 1. The molecule has 0 amide bonds. The van der Waals surface area contributed by atoms with Crippen LogP contribution in [0.2, 0.25) is 0 Å². The molecule has 9 heteroatoms. The Morgan fingerprint density at radius 3 is 2.14 bits per heavy atom. The molecule has 21 heavy (non-hydrogen) atoms. The maximum Gasteiger partial charge on any atom is 0.238 e. The summed E-state index contributed by atoms with van der Waals surface area (Å²) in [6.07, 6.45) is 1.15. The third-order valence-corrected chi connectivity index (χ3v) is 6.59. The van der Waals surface area contributed by atoms with Gasteiger partial charge in [0, 0.05) is 24.2 Å². The summed E-state index contributed by atoms with van der Waals surface area (Å²) in [4.78, 5) is -0.0813. The fraction of sp³-hybridized carbons (Fsp3) is 0.500. The molecule has 1 rings (SSSR count). The number of nitrogens with one attached hydrogen (secondary N) is 1. The van der Waals surface area contributed by atoms with Crippen molar-refractivity contribution in [2.75, 3.05) is 23.9 Å². The van der Waals surface area contributed by atoms with Crippen LogP contribution in [0.3, 0.4) is 0 Å². The van der Waals surface area contributed by atoms with Crippen molar-refractivity contribution in [3.05, 3.63) is 17.7 Å². The lowest BCUT2D eigenvalue weighted by atomic mass is 10.1. The molecule has 1 aromatic rings. The van der Waals surface area contributed by atoms with Gasteiger partial charge in [-0.05, 0) is 38.5 Å². The zero-order valence-electron chi connectivity index (χ0n) is 12.5. The molecule has 7 nitrogen and oxygen atoms in total. The van der Waals surface area contributed by atoms with Crippen LogP contribution in [0.5, 0.6) is 0 Å². The van der Waals surface area contributed by atoms with Gasteiger partial charge in [0.05, 0.1) is 9.64 Å². The Balaban J connectivity index is 3.20. The zero-order valence-corrected chi connectivity index (χ0v) is 14.1. The van der Waals surface area contributed by atoms with Crippen LogP contribution in [0.25, 0.3) is 0 Å². The first-order valence-electron chi connectivity index (χ1n) is 6.12. The van der Waals surface area contributed by atoms with Gasteiger partial charge in [0.15, 0.2) is 9.84 Å². The van der Waals surface area contributed by atoms with Gasteiger partial charge in [-0.2, -0.15) is 0 Å². The highest BCUT2D eigenvalue weighted by Gasteiger charge is 2.30. The quantitative estimate of drug-likeness (QED) is 0.670. The first kappa shape index (κ1) is 17.7. The molecule has 0 aliphatic heterocycles. The molecule has 0 heterocycles. The fourth-order valence-corrected chi connectivity index (χ4v) is 2.80. The van der Waals surface area contributed by atoms with E-state index in [1.165, 1.54) is 6.07 Å². The molecule has 0 radical (unpaired) electrons. The van der Waals surface area contributed by atoms with E-state index in [1.807, 2.05) is 0 Å². The van der Waals surface area contributed by atoms with E-state index in [-0.39, 0.29) is 17.1 Å². The van der Waals surface area contributed by atoms with Crippen LogP contribution in [0.1, 0.15) is 19.4 Å². The van der Waals surface area contributed by atoms with Crippen LogP contribution < -0.4 is 16.2 Å². The Bertz CT molecular complexity index is 753. The number of anilines is 2. The summed E-state index contributed by atoms with van der Waals surface area (Å²) in [7, 11) is -7.17. The highest BCUT2D eigenvalue weighted by Crippen LogP contribution is 2.27. The van der Waals surface area contributed by atoms with Gasteiger partial charge < -0.3 is 11.1 Å². The van der Waals surface area contributed by atoms with Crippen molar-refractivity contribution in [3.8, 4) is 0 Å². The Hall–Kier alpha value is -1.32. The average Bonchev–Trinajstić information content (AvgIpc) is 2.27. The lowest BCUT2D eigenvalue weighted by Gasteiger charge is -2.24. The van der Waals surface area contributed by atoms with E-state index in [0.29, 0.717) is 11.3 Å². The minimum atomic E-state index is -3.90. The molecule has 0 aromatic heterocycles. The number of nitrogen functional groups attached to an aromatic ring is 1. The van der Waals surface area contributed by atoms with Crippen molar-refractivity contribution in [1.82, 2.24) is 0 Å². The van der Waals surface area contributed by atoms with Gasteiger partial charge >= 0.3 is 0 Å². The van der Waals surface area contributed by atoms with Gasteiger partial charge in [-0.25, -0.2) is 22.0 Å².